The number of urea groups is 1. The van der Waals surface area contributed by atoms with Gasteiger partial charge in [0.1, 0.15) is 0 Å². The highest BCUT2D eigenvalue weighted by atomic mass is 35.5. The number of anilines is 1. The number of H-pyrrole nitrogens is 1. The van der Waals surface area contributed by atoms with Gasteiger partial charge in [0.2, 0.25) is 0 Å². The Kier molecular flexibility index (Phi) is 3.50. The van der Waals surface area contributed by atoms with Gasteiger partial charge < -0.3 is 10.2 Å². The van der Waals surface area contributed by atoms with E-state index in [0.717, 1.165) is 0 Å². The standard InChI is InChI=1S/C16H14ClN5O2/c17-11-3-1-2-4-12(11)20-16(24)21-8-6-10-13(9-21)19-14-5-7-18-22(14)15(10)23/h1-5,7,18H,6,8-9H2,(H,20,24). The van der Waals surface area contributed by atoms with E-state index in [2.05, 4.69) is 15.4 Å². The maximum atomic E-state index is 12.5. The van der Waals surface area contributed by atoms with Crippen molar-refractivity contribution in [3.63, 3.8) is 0 Å². The predicted molar refractivity (Wildman–Crippen MR) is 90.4 cm³/mol. The zero-order valence-corrected chi connectivity index (χ0v) is 13.4. The zero-order chi connectivity index (χ0) is 16.7. The molecule has 0 atom stereocenters. The summed E-state index contributed by atoms with van der Waals surface area (Å²) < 4.78 is 1.41. The molecule has 0 spiro atoms. The zero-order valence-electron chi connectivity index (χ0n) is 12.6. The van der Waals surface area contributed by atoms with E-state index in [-0.39, 0.29) is 11.6 Å². The van der Waals surface area contributed by atoms with Gasteiger partial charge in [-0.25, -0.2) is 14.3 Å². The Hall–Kier alpha value is -2.80. The molecule has 1 aliphatic rings. The summed E-state index contributed by atoms with van der Waals surface area (Å²) in [4.78, 5) is 31.0. The first kappa shape index (κ1) is 14.8. The first-order valence-corrected chi connectivity index (χ1v) is 7.89. The molecule has 2 aromatic heterocycles. The number of fused-ring (bicyclic) bond motifs is 2. The van der Waals surface area contributed by atoms with Crippen LogP contribution in [0.5, 0.6) is 0 Å². The number of amides is 2. The van der Waals surface area contributed by atoms with Crippen LogP contribution in [0, 0.1) is 0 Å². The minimum atomic E-state index is -0.259. The molecule has 1 aromatic carbocycles. The van der Waals surface area contributed by atoms with E-state index in [1.165, 1.54) is 4.52 Å². The number of rotatable bonds is 1. The maximum absolute atomic E-state index is 12.5. The van der Waals surface area contributed by atoms with Crippen LogP contribution in [0.1, 0.15) is 11.3 Å². The average Bonchev–Trinajstić information content (AvgIpc) is 3.05. The Bertz CT molecular complexity index is 994. The van der Waals surface area contributed by atoms with Crippen molar-refractivity contribution in [3.05, 3.63) is 63.2 Å². The van der Waals surface area contributed by atoms with Crippen molar-refractivity contribution in [2.75, 3.05) is 11.9 Å². The average molecular weight is 344 g/mol. The molecule has 4 rings (SSSR count). The second-order valence-electron chi connectivity index (χ2n) is 5.58. The number of benzene rings is 1. The summed E-state index contributed by atoms with van der Waals surface area (Å²) in [6.07, 6.45) is 2.14. The number of halogens is 1. The number of nitrogens with zero attached hydrogens (tertiary/aromatic N) is 3. The quantitative estimate of drug-likeness (QED) is 0.711. The fourth-order valence-corrected chi connectivity index (χ4v) is 3.04. The number of carbonyl (C=O) groups is 1. The van der Waals surface area contributed by atoms with E-state index in [1.54, 1.807) is 41.4 Å². The van der Waals surface area contributed by atoms with E-state index in [9.17, 15) is 9.59 Å². The highest BCUT2D eigenvalue weighted by Crippen LogP contribution is 2.22. The lowest BCUT2D eigenvalue weighted by atomic mass is 10.1. The van der Waals surface area contributed by atoms with Crippen LogP contribution in [0.25, 0.3) is 5.65 Å². The molecule has 8 heteroatoms. The normalized spacial score (nSPS) is 13.8. The van der Waals surface area contributed by atoms with Crippen molar-refractivity contribution in [3.8, 4) is 0 Å². The molecule has 24 heavy (non-hydrogen) atoms. The fraction of sp³-hybridized carbons (Fsp3) is 0.188. The third-order valence-electron chi connectivity index (χ3n) is 4.10. The van der Waals surface area contributed by atoms with Gasteiger partial charge in [-0.15, -0.1) is 0 Å². The molecule has 2 N–H and O–H groups in total. The maximum Gasteiger partial charge on any atom is 0.322 e. The van der Waals surface area contributed by atoms with Crippen LogP contribution in [0.3, 0.4) is 0 Å². The van der Waals surface area contributed by atoms with Crippen LogP contribution in [0.2, 0.25) is 5.02 Å². The van der Waals surface area contributed by atoms with E-state index >= 15 is 0 Å². The summed E-state index contributed by atoms with van der Waals surface area (Å²) in [6, 6.07) is 8.53. The van der Waals surface area contributed by atoms with Gasteiger partial charge in [-0.3, -0.25) is 9.89 Å². The van der Waals surface area contributed by atoms with Crippen LogP contribution < -0.4 is 10.9 Å². The molecule has 2 amide bonds. The van der Waals surface area contributed by atoms with E-state index in [0.29, 0.717) is 47.1 Å². The summed E-state index contributed by atoms with van der Waals surface area (Å²) in [6.45, 7) is 0.746. The molecule has 0 fully saturated rings. The topological polar surface area (TPSA) is 82.5 Å². The van der Waals surface area contributed by atoms with Gasteiger partial charge in [0.05, 0.1) is 22.9 Å². The Labute approximate surface area is 141 Å². The SMILES string of the molecule is O=C(Nc1ccccc1Cl)N1CCc2c(nc3cc[nH]n3c2=O)C1. The van der Waals surface area contributed by atoms with Gasteiger partial charge in [-0.05, 0) is 18.6 Å². The predicted octanol–water partition coefficient (Wildman–Crippen LogP) is 2.27. The van der Waals surface area contributed by atoms with Gasteiger partial charge in [-0.2, -0.15) is 0 Å². The van der Waals surface area contributed by atoms with Crippen LogP contribution in [0.15, 0.2) is 41.3 Å². The smallest absolute Gasteiger partial charge is 0.318 e. The van der Waals surface area contributed by atoms with Crippen LogP contribution in [-0.2, 0) is 13.0 Å². The Morgan fingerprint density at radius 2 is 2.12 bits per heavy atom. The molecule has 0 bridgehead atoms. The summed E-state index contributed by atoms with van der Waals surface area (Å²) >= 11 is 6.07. The Morgan fingerprint density at radius 1 is 1.29 bits per heavy atom. The third kappa shape index (κ3) is 2.43. The molecule has 122 valence electrons. The van der Waals surface area contributed by atoms with Crippen molar-refractivity contribution in [2.24, 2.45) is 0 Å². The molecule has 1 aliphatic heterocycles. The number of aromatic amines is 1. The summed E-state index contributed by atoms with van der Waals surface area (Å²) in [5, 5.41) is 6.12. The Balaban J connectivity index is 1.60. The van der Waals surface area contributed by atoms with Crippen LogP contribution in [-0.4, -0.2) is 32.1 Å². The molecular weight excluding hydrogens is 330 g/mol. The number of hydrogen-bond donors (Lipinski definition) is 2. The van der Waals surface area contributed by atoms with Gasteiger partial charge >= 0.3 is 6.03 Å². The van der Waals surface area contributed by atoms with Crippen LogP contribution >= 0.6 is 11.6 Å². The summed E-state index contributed by atoms with van der Waals surface area (Å²) in [7, 11) is 0. The second-order valence-corrected chi connectivity index (χ2v) is 5.99. The van der Waals surface area contributed by atoms with E-state index < -0.39 is 0 Å². The number of hydrogen-bond acceptors (Lipinski definition) is 3. The summed E-state index contributed by atoms with van der Waals surface area (Å²) in [5.41, 5.74) is 2.29. The molecule has 0 aliphatic carbocycles. The number of para-hydroxylation sites is 1. The highest BCUT2D eigenvalue weighted by molar-refractivity contribution is 6.33. The molecule has 0 radical (unpaired) electrons. The van der Waals surface area contributed by atoms with Gasteiger partial charge in [0.25, 0.3) is 5.56 Å². The monoisotopic (exact) mass is 343 g/mol. The van der Waals surface area contributed by atoms with Crippen molar-refractivity contribution in [1.82, 2.24) is 19.5 Å². The van der Waals surface area contributed by atoms with Gasteiger partial charge in [0.15, 0.2) is 5.65 Å². The minimum Gasteiger partial charge on any atom is -0.318 e. The number of nitrogens with one attached hydrogen (secondary N) is 2. The first-order chi connectivity index (χ1) is 11.6. The van der Waals surface area contributed by atoms with Gasteiger partial charge in [0, 0.05) is 24.4 Å². The molecule has 0 unspecified atom stereocenters. The first-order valence-electron chi connectivity index (χ1n) is 7.52. The van der Waals surface area contributed by atoms with Crippen molar-refractivity contribution >= 4 is 29.0 Å². The van der Waals surface area contributed by atoms with E-state index in [4.69, 9.17) is 11.6 Å². The largest absolute Gasteiger partial charge is 0.322 e. The number of carbonyl (C=O) groups excluding carboxylic acids is 1. The molecule has 0 saturated heterocycles. The molecular formula is C16H14ClN5O2. The van der Waals surface area contributed by atoms with Crippen molar-refractivity contribution in [1.29, 1.82) is 0 Å². The third-order valence-corrected chi connectivity index (χ3v) is 4.43. The molecule has 7 nitrogen and oxygen atoms in total. The molecule has 0 saturated carbocycles. The second kappa shape index (κ2) is 5.68. The highest BCUT2D eigenvalue weighted by Gasteiger charge is 2.25. The lowest BCUT2D eigenvalue weighted by molar-refractivity contribution is 0.205. The van der Waals surface area contributed by atoms with E-state index in [1.807, 2.05) is 0 Å². The fourth-order valence-electron chi connectivity index (χ4n) is 2.86. The minimum absolute atomic E-state index is 0.105. The lowest BCUT2D eigenvalue weighted by Gasteiger charge is -2.28. The summed E-state index contributed by atoms with van der Waals surface area (Å²) in [5.74, 6) is 0. The number of aromatic nitrogens is 3. The van der Waals surface area contributed by atoms with Crippen molar-refractivity contribution < 1.29 is 4.79 Å². The van der Waals surface area contributed by atoms with Gasteiger partial charge in [-0.1, -0.05) is 23.7 Å². The van der Waals surface area contributed by atoms with Crippen molar-refractivity contribution in [2.45, 2.75) is 13.0 Å². The molecule has 3 heterocycles. The van der Waals surface area contributed by atoms with Crippen LogP contribution in [0.4, 0.5) is 10.5 Å². The lowest BCUT2D eigenvalue weighted by Crippen LogP contribution is -2.41. The Morgan fingerprint density at radius 3 is 2.96 bits per heavy atom. The molecule has 3 aromatic rings.